The summed E-state index contributed by atoms with van der Waals surface area (Å²) in [5, 5.41) is 19.9. The summed E-state index contributed by atoms with van der Waals surface area (Å²) in [6.45, 7) is 8.01. The molecule has 2 aliphatic carbocycles. The Hall–Kier alpha value is -1.72. The molecule has 2 heterocycles. The molecule has 1 aromatic rings. The predicted octanol–water partition coefficient (Wildman–Crippen LogP) is 1.81. The van der Waals surface area contributed by atoms with E-state index < -0.39 is 0 Å². The number of hydrogen-bond acceptors (Lipinski definition) is 10. The number of nitrogens with two attached hydrogens (primary N) is 1. The third kappa shape index (κ3) is 9.83. The van der Waals surface area contributed by atoms with Crippen LogP contribution in [0.25, 0.3) is 0 Å². The summed E-state index contributed by atoms with van der Waals surface area (Å²) in [5.74, 6) is 2.08. The average molecular weight is 519 g/mol. The Bertz CT molecular complexity index is 763. The molecule has 37 heavy (non-hydrogen) atoms. The summed E-state index contributed by atoms with van der Waals surface area (Å²) in [4.78, 5) is 14.0. The fourth-order valence-corrected chi connectivity index (χ4v) is 5.87. The van der Waals surface area contributed by atoms with Gasteiger partial charge in [-0.2, -0.15) is 9.97 Å². The summed E-state index contributed by atoms with van der Waals surface area (Å²) >= 11 is 0. The largest absolute Gasteiger partial charge is 0.394 e. The number of hydrogen-bond donors (Lipinski definition) is 5. The molecule has 4 rings (SSSR count). The number of nitrogens with one attached hydrogen (secondary N) is 3. The Labute approximate surface area is 223 Å². The van der Waals surface area contributed by atoms with Gasteiger partial charge in [-0.1, -0.05) is 19.3 Å². The maximum Gasteiger partial charge on any atom is 0.226 e. The molecule has 10 heteroatoms. The van der Waals surface area contributed by atoms with Gasteiger partial charge in [-0.05, 0) is 58.0 Å². The molecule has 3 fully saturated rings. The number of anilines is 3. The Morgan fingerprint density at radius 3 is 2.24 bits per heavy atom. The van der Waals surface area contributed by atoms with Gasteiger partial charge in [0, 0.05) is 56.9 Å². The first-order valence-electron chi connectivity index (χ1n) is 14.7. The van der Waals surface area contributed by atoms with Crippen LogP contribution in [0.4, 0.5) is 17.6 Å². The van der Waals surface area contributed by atoms with Gasteiger partial charge in [-0.25, -0.2) is 0 Å². The van der Waals surface area contributed by atoms with Crippen molar-refractivity contribution in [1.29, 1.82) is 0 Å². The number of piperazine rings is 1. The normalized spacial score (nSPS) is 23.9. The molecule has 1 aliphatic heterocycles. The van der Waals surface area contributed by atoms with E-state index in [9.17, 15) is 0 Å². The molecule has 10 nitrogen and oxygen atoms in total. The zero-order valence-corrected chi connectivity index (χ0v) is 22.7. The highest BCUT2D eigenvalue weighted by Gasteiger charge is 2.23. The van der Waals surface area contributed by atoms with Gasteiger partial charge in [0.2, 0.25) is 5.95 Å². The van der Waals surface area contributed by atoms with Crippen LogP contribution >= 0.6 is 0 Å². The summed E-state index contributed by atoms with van der Waals surface area (Å²) in [7, 11) is 0. The van der Waals surface area contributed by atoms with Gasteiger partial charge >= 0.3 is 0 Å². The zero-order chi connectivity index (χ0) is 25.7. The van der Waals surface area contributed by atoms with Crippen molar-refractivity contribution in [3.8, 4) is 0 Å². The number of aliphatic hydroxyl groups is 1. The quantitative estimate of drug-likeness (QED) is 0.233. The second kappa shape index (κ2) is 15.6. The Kier molecular flexibility index (Phi) is 12.0. The lowest BCUT2D eigenvalue weighted by atomic mass is 9.91. The van der Waals surface area contributed by atoms with E-state index in [4.69, 9.17) is 20.6 Å². The smallest absolute Gasteiger partial charge is 0.226 e. The Balaban J connectivity index is 1.12. The minimum atomic E-state index is 0.0792. The van der Waals surface area contributed by atoms with Crippen molar-refractivity contribution >= 4 is 17.6 Å². The molecule has 3 aliphatic rings. The van der Waals surface area contributed by atoms with Crippen LogP contribution in [0, 0.1) is 0 Å². The highest BCUT2D eigenvalue weighted by atomic mass is 16.5. The van der Waals surface area contributed by atoms with E-state index in [1.807, 2.05) is 6.07 Å². The monoisotopic (exact) mass is 518 g/mol. The van der Waals surface area contributed by atoms with Crippen molar-refractivity contribution in [1.82, 2.24) is 25.5 Å². The van der Waals surface area contributed by atoms with Crippen LogP contribution in [0.5, 0.6) is 0 Å². The minimum absolute atomic E-state index is 0.0792. The zero-order valence-electron chi connectivity index (χ0n) is 22.7. The van der Waals surface area contributed by atoms with Crippen LogP contribution in [0.1, 0.15) is 64.2 Å². The first-order chi connectivity index (χ1) is 18.2. The SMILES string of the molecule is Nc1cc(N2CCN(CCOCCO)CC2)nc(NC2CCC(NCCCNC3CCCCC3)CC2)n1. The molecule has 1 aromatic heterocycles. The number of aliphatic hydroxyl groups excluding tert-OH is 1. The van der Waals surface area contributed by atoms with E-state index in [2.05, 4.69) is 30.7 Å². The molecule has 2 saturated carbocycles. The van der Waals surface area contributed by atoms with Crippen molar-refractivity contribution in [2.24, 2.45) is 0 Å². The molecule has 210 valence electrons. The third-order valence-corrected chi connectivity index (χ3v) is 8.10. The maximum absolute atomic E-state index is 8.83. The average Bonchev–Trinajstić information content (AvgIpc) is 2.92. The van der Waals surface area contributed by atoms with Crippen LogP contribution in [0.15, 0.2) is 6.07 Å². The van der Waals surface area contributed by atoms with E-state index in [-0.39, 0.29) is 6.61 Å². The van der Waals surface area contributed by atoms with Gasteiger partial charge in [0.25, 0.3) is 0 Å². The maximum atomic E-state index is 8.83. The topological polar surface area (TPSA) is 124 Å². The summed E-state index contributed by atoms with van der Waals surface area (Å²) in [5.41, 5.74) is 6.16. The van der Waals surface area contributed by atoms with E-state index in [0.717, 1.165) is 70.5 Å². The number of ether oxygens (including phenoxy) is 1. The number of rotatable bonds is 14. The van der Waals surface area contributed by atoms with E-state index in [1.165, 1.54) is 51.4 Å². The summed E-state index contributed by atoms with van der Waals surface area (Å²) in [6.07, 6.45) is 12.8. The molecule has 0 atom stereocenters. The highest BCUT2D eigenvalue weighted by Crippen LogP contribution is 2.24. The number of nitrogen functional groups attached to an aromatic ring is 1. The highest BCUT2D eigenvalue weighted by molar-refractivity contribution is 5.52. The van der Waals surface area contributed by atoms with Gasteiger partial charge < -0.3 is 36.4 Å². The molecule has 0 bridgehead atoms. The second-order valence-electron chi connectivity index (χ2n) is 10.9. The molecular weight excluding hydrogens is 468 g/mol. The predicted molar refractivity (Wildman–Crippen MR) is 150 cm³/mol. The first-order valence-corrected chi connectivity index (χ1v) is 14.7. The molecular formula is C27H50N8O2. The van der Waals surface area contributed by atoms with Crippen LogP contribution < -0.4 is 26.6 Å². The van der Waals surface area contributed by atoms with Crippen LogP contribution in [0.2, 0.25) is 0 Å². The Morgan fingerprint density at radius 1 is 0.865 bits per heavy atom. The van der Waals surface area contributed by atoms with E-state index in [0.29, 0.717) is 37.1 Å². The number of aromatic nitrogens is 2. The van der Waals surface area contributed by atoms with Gasteiger partial charge in [0.05, 0.1) is 19.8 Å². The standard InChI is InChI=1S/C27H50N8O2/c28-25-21-26(35-15-13-34(14-16-35)17-19-37-20-18-36)33-27(32-25)31-24-9-7-23(8-10-24)30-12-4-11-29-22-5-2-1-3-6-22/h21-24,29-30,36H,1-20H2,(H3,28,31,32,33). The van der Waals surface area contributed by atoms with Gasteiger partial charge in [0.1, 0.15) is 11.6 Å². The van der Waals surface area contributed by atoms with Crippen LogP contribution in [0.3, 0.4) is 0 Å². The molecule has 0 radical (unpaired) electrons. The second-order valence-corrected chi connectivity index (χ2v) is 10.9. The molecule has 0 unspecified atom stereocenters. The van der Waals surface area contributed by atoms with Gasteiger partial charge in [-0.15, -0.1) is 0 Å². The van der Waals surface area contributed by atoms with Crippen molar-refractivity contribution in [3.05, 3.63) is 6.07 Å². The van der Waals surface area contributed by atoms with Gasteiger partial charge in [0.15, 0.2) is 0 Å². The fourth-order valence-electron chi connectivity index (χ4n) is 5.87. The van der Waals surface area contributed by atoms with Crippen molar-refractivity contribution in [3.63, 3.8) is 0 Å². The Morgan fingerprint density at radius 2 is 1.54 bits per heavy atom. The lowest BCUT2D eigenvalue weighted by molar-refractivity contribution is 0.0724. The summed E-state index contributed by atoms with van der Waals surface area (Å²) in [6, 6.07) is 3.67. The molecule has 6 N–H and O–H groups in total. The lowest BCUT2D eigenvalue weighted by Gasteiger charge is -2.35. The van der Waals surface area contributed by atoms with Crippen LogP contribution in [-0.2, 0) is 4.74 Å². The number of nitrogens with zero attached hydrogens (tertiary/aromatic N) is 4. The first kappa shape index (κ1) is 28.3. The van der Waals surface area contributed by atoms with Crippen LogP contribution in [-0.4, -0.2) is 104 Å². The lowest BCUT2D eigenvalue weighted by Crippen LogP contribution is -2.47. The molecule has 0 spiro atoms. The fraction of sp³-hybridized carbons (Fsp3) is 0.852. The van der Waals surface area contributed by atoms with Crippen molar-refractivity contribution in [2.75, 3.05) is 81.6 Å². The summed E-state index contributed by atoms with van der Waals surface area (Å²) < 4.78 is 5.40. The van der Waals surface area contributed by atoms with Crippen molar-refractivity contribution < 1.29 is 9.84 Å². The van der Waals surface area contributed by atoms with Gasteiger partial charge in [-0.3, -0.25) is 4.90 Å². The van der Waals surface area contributed by atoms with E-state index in [1.54, 1.807) is 0 Å². The van der Waals surface area contributed by atoms with E-state index >= 15 is 0 Å². The minimum Gasteiger partial charge on any atom is -0.394 e. The molecule has 0 amide bonds. The molecule has 1 saturated heterocycles. The third-order valence-electron chi connectivity index (χ3n) is 8.10. The van der Waals surface area contributed by atoms with Crippen molar-refractivity contribution in [2.45, 2.75) is 82.3 Å². The molecule has 0 aromatic carbocycles.